The number of aromatic nitrogens is 1. The standard InChI is InChI=1S/C21H23N5O3/c1-13-23-18(12-22)21(29-13)25-8-5-15(6-9-25)20(28)24-17-3-4-19-16(11-17)7-10-26(19)14(2)27/h3-4,11,15H,5-10H2,1-2H3,(H,24,28). The minimum absolute atomic E-state index is 0.000257. The summed E-state index contributed by atoms with van der Waals surface area (Å²) in [5.74, 6) is 0.908. The second-order valence-corrected chi connectivity index (χ2v) is 7.51. The zero-order valence-electron chi connectivity index (χ0n) is 16.6. The molecular weight excluding hydrogens is 370 g/mol. The Kier molecular flexibility index (Phi) is 4.97. The van der Waals surface area contributed by atoms with E-state index in [-0.39, 0.29) is 17.7 Å². The molecule has 1 N–H and O–H groups in total. The summed E-state index contributed by atoms with van der Waals surface area (Å²) in [7, 11) is 0. The number of anilines is 3. The maximum atomic E-state index is 12.7. The van der Waals surface area contributed by atoms with Gasteiger partial charge in [0.05, 0.1) is 0 Å². The van der Waals surface area contributed by atoms with Crippen LogP contribution in [0.4, 0.5) is 17.3 Å². The number of aryl methyl sites for hydroxylation is 1. The summed E-state index contributed by atoms with van der Waals surface area (Å²) in [6.07, 6.45) is 2.16. The van der Waals surface area contributed by atoms with Crippen molar-refractivity contribution in [3.05, 3.63) is 35.3 Å². The number of carbonyl (C=O) groups excluding carboxylic acids is 2. The van der Waals surface area contributed by atoms with E-state index in [0.717, 1.165) is 23.4 Å². The molecule has 0 unspecified atom stereocenters. The number of hydrogen-bond acceptors (Lipinski definition) is 6. The van der Waals surface area contributed by atoms with E-state index in [0.29, 0.717) is 49.9 Å². The summed E-state index contributed by atoms with van der Waals surface area (Å²) in [6, 6.07) is 7.77. The van der Waals surface area contributed by atoms with E-state index in [1.807, 2.05) is 23.1 Å². The van der Waals surface area contributed by atoms with Crippen molar-refractivity contribution in [1.82, 2.24) is 4.98 Å². The number of nitriles is 1. The summed E-state index contributed by atoms with van der Waals surface area (Å²) >= 11 is 0. The van der Waals surface area contributed by atoms with Gasteiger partial charge < -0.3 is 19.5 Å². The van der Waals surface area contributed by atoms with Crippen molar-refractivity contribution in [3.63, 3.8) is 0 Å². The maximum Gasteiger partial charge on any atom is 0.234 e. The summed E-state index contributed by atoms with van der Waals surface area (Å²) in [5, 5.41) is 12.2. The van der Waals surface area contributed by atoms with Crippen LogP contribution in [0.25, 0.3) is 0 Å². The molecule has 2 aliphatic heterocycles. The van der Waals surface area contributed by atoms with Crippen LogP contribution in [-0.4, -0.2) is 36.4 Å². The van der Waals surface area contributed by atoms with E-state index >= 15 is 0 Å². The molecule has 2 amide bonds. The zero-order chi connectivity index (χ0) is 20.5. The van der Waals surface area contributed by atoms with Crippen molar-refractivity contribution in [2.24, 2.45) is 5.92 Å². The lowest BCUT2D eigenvalue weighted by atomic mass is 9.95. The van der Waals surface area contributed by atoms with Gasteiger partial charge in [-0.05, 0) is 43.0 Å². The predicted molar refractivity (Wildman–Crippen MR) is 108 cm³/mol. The third-order valence-corrected chi connectivity index (χ3v) is 5.60. The summed E-state index contributed by atoms with van der Waals surface area (Å²) in [4.78, 5) is 32.2. The fourth-order valence-corrected chi connectivity index (χ4v) is 4.10. The lowest BCUT2D eigenvalue weighted by Gasteiger charge is -2.31. The van der Waals surface area contributed by atoms with Crippen LogP contribution in [-0.2, 0) is 16.0 Å². The molecule has 0 radical (unpaired) electrons. The molecule has 8 heteroatoms. The van der Waals surface area contributed by atoms with Crippen LogP contribution < -0.4 is 15.1 Å². The molecule has 1 aromatic carbocycles. The Morgan fingerprint density at radius 2 is 2.03 bits per heavy atom. The number of amides is 2. The van der Waals surface area contributed by atoms with Crippen LogP contribution in [0, 0.1) is 24.2 Å². The highest BCUT2D eigenvalue weighted by molar-refractivity contribution is 5.96. The van der Waals surface area contributed by atoms with Crippen LogP contribution in [0.1, 0.15) is 36.9 Å². The van der Waals surface area contributed by atoms with Crippen LogP contribution in [0.15, 0.2) is 22.6 Å². The van der Waals surface area contributed by atoms with E-state index in [4.69, 9.17) is 4.42 Å². The number of nitrogens with one attached hydrogen (secondary N) is 1. The number of piperidine rings is 1. The van der Waals surface area contributed by atoms with Gasteiger partial charge in [0.2, 0.25) is 23.4 Å². The molecule has 29 heavy (non-hydrogen) atoms. The van der Waals surface area contributed by atoms with Crippen molar-refractivity contribution < 1.29 is 14.0 Å². The van der Waals surface area contributed by atoms with Crippen molar-refractivity contribution >= 4 is 29.1 Å². The van der Waals surface area contributed by atoms with Gasteiger partial charge in [-0.25, -0.2) is 4.98 Å². The lowest BCUT2D eigenvalue weighted by molar-refractivity contribution is -0.120. The van der Waals surface area contributed by atoms with Crippen LogP contribution in [0.3, 0.4) is 0 Å². The molecule has 0 spiro atoms. The van der Waals surface area contributed by atoms with Gasteiger partial charge in [-0.2, -0.15) is 5.26 Å². The van der Waals surface area contributed by atoms with Gasteiger partial charge in [-0.1, -0.05) is 0 Å². The second-order valence-electron chi connectivity index (χ2n) is 7.51. The van der Waals surface area contributed by atoms with Gasteiger partial charge in [0.1, 0.15) is 6.07 Å². The first-order valence-electron chi connectivity index (χ1n) is 9.80. The fraction of sp³-hybridized carbons (Fsp3) is 0.429. The third-order valence-electron chi connectivity index (χ3n) is 5.60. The minimum Gasteiger partial charge on any atom is -0.424 e. The number of benzene rings is 1. The number of nitrogens with zero attached hydrogens (tertiary/aromatic N) is 4. The molecule has 1 aromatic heterocycles. The molecule has 1 saturated heterocycles. The molecule has 0 saturated carbocycles. The first-order valence-corrected chi connectivity index (χ1v) is 9.80. The van der Waals surface area contributed by atoms with Gasteiger partial charge >= 0.3 is 0 Å². The van der Waals surface area contributed by atoms with Crippen LogP contribution in [0.2, 0.25) is 0 Å². The molecule has 150 valence electrons. The predicted octanol–water partition coefficient (Wildman–Crippen LogP) is 2.62. The molecule has 4 rings (SSSR count). The van der Waals surface area contributed by atoms with E-state index in [9.17, 15) is 14.9 Å². The zero-order valence-corrected chi connectivity index (χ0v) is 16.6. The smallest absolute Gasteiger partial charge is 0.234 e. The molecule has 0 aliphatic carbocycles. The molecule has 1 fully saturated rings. The van der Waals surface area contributed by atoms with E-state index in [1.54, 1.807) is 18.7 Å². The highest BCUT2D eigenvalue weighted by Crippen LogP contribution is 2.31. The van der Waals surface area contributed by atoms with Crippen molar-refractivity contribution in [2.45, 2.75) is 33.1 Å². The van der Waals surface area contributed by atoms with Gasteiger partial charge in [-0.3, -0.25) is 9.59 Å². The minimum atomic E-state index is -0.0947. The van der Waals surface area contributed by atoms with Crippen molar-refractivity contribution in [2.75, 3.05) is 34.8 Å². The summed E-state index contributed by atoms with van der Waals surface area (Å²) in [5.41, 5.74) is 3.07. The van der Waals surface area contributed by atoms with Crippen LogP contribution >= 0.6 is 0 Å². The molecule has 8 nitrogen and oxygen atoms in total. The van der Waals surface area contributed by atoms with Crippen molar-refractivity contribution in [1.29, 1.82) is 5.26 Å². The van der Waals surface area contributed by atoms with Gasteiger partial charge in [0, 0.05) is 50.8 Å². The lowest BCUT2D eigenvalue weighted by Crippen LogP contribution is -2.38. The SMILES string of the molecule is CC(=O)N1CCc2cc(NC(=O)C3CCN(c4oc(C)nc4C#N)CC3)ccc21. The number of carbonyl (C=O) groups is 2. The monoisotopic (exact) mass is 393 g/mol. The molecule has 0 atom stereocenters. The second kappa shape index (κ2) is 7.59. The van der Waals surface area contributed by atoms with Crippen LogP contribution in [0.5, 0.6) is 0 Å². The molecule has 2 aromatic rings. The average molecular weight is 393 g/mol. The quantitative estimate of drug-likeness (QED) is 0.860. The van der Waals surface area contributed by atoms with Crippen molar-refractivity contribution in [3.8, 4) is 6.07 Å². The van der Waals surface area contributed by atoms with Gasteiger partial charge in [0.15, 0.2) is 5.89 Å². The summed E-state index contributed by atoms with van der Waals surface area (Å²) in [6.45, 7) is 5.25. The Morgan fingerprint density at radius 1 is 1.28 bits per heavy atom. The Morgan fingerprint density at radius 3 is 2.72 bits per heavy atom. The Labute approximate surface area is 169 Å². The molecule has 0 bridgehead atoms. The Bertz CT molecular complexity index is 998. The molecule has 3 heterocycles. The maximum absolute atomic E-state index is 12.7. The average Bonchev–Trinajstić information content (AvgIpc) is 3.31. The highest BCUT2D eigenvalue weighted by atomic mass is 16.4. The third kappa shape index (κ3) is 3.68. The Hall–Kier alpha value is -3.34. The highest BCUT2D eigenvalue weighted by Gasteiger charge is 2.29. The van der Waals surface area contributed by atoms with Gasteiger partial charge in [-0.15, -0.1) is 0 Å². The first-order chi connectivity index (χ1) is 14.0. The topological polar surface area (TPSA) is 102 Å². The van der Waals surface area contributed by atoms with E-state index in [2.05, 4.69) is 16.4 Å². The summed E-state index contributed by atoms with van der Waals surface area (Å²) < 4.78 is 5.57. The first kappa shape index (κ1) is 19.0. The normalized spacial score (nSPS) is 16.4. The number of hydrogen-bond donors (Lipinski definition) is 1. The van der Waals surface area contributed by atoms with E-state index in [1.165, 1.54) is 0 Å². The number of oxazole rings is 1. The fourth-order valence-electron chi connectivity index (χ4n) is 4.10. The Balaban J connectivity index is 1.37. The number of rotatable bonds is 3. The van der Waals surface area contributed by atoms with E-state index < -0.39 is 0 Å². The largest absolute Gasteiger partial charge is 0.424 e. The van der Waals surface area contributed by atoms with Gasteiger partial charge in [0.25, 0.3) is 0 Å². The number of fused-ring (bicyclic) bond motifs is 1. The molecular formula is C21H23N5O3. The molecule has 2 aliphatic rings.